The van der Waals surface area contributed by atoms with E-state index in [1.54, 1.807) is 25.5 Å². The normalized spacial score (nSPS) is 11.2. The summed E-state index contributed by atoms with van der Waals surface area (Å²) in [6, 6.07) is 20.7. The first-order valence-corrected chi connectivity index (χ1v) is 7.98. The van der Waals surface area contributed by atoms with E-state index < -0.39 is 0 Å². The number of para-hydroxylation sites is 1. The van der Waals surface area contributed by atoms with Crippen molar-refractivity contribution in [2.24, 2.45) is 0 Å². The maximum atomic E-state index is 12.8. The molecule has 126 valence electrons. The molecule has 0 spiro atoms. The number of hydrogen-bond acceptors (Lipinski definition) is 3. The summed E-state index contributed by atoms with van der Waals surface area (Å²) in [5, 5.41) is 2.96. The van der Waals surface area contributed by atoms with Gasteiger partial charge in [-0.3, -0.25) is 4.79 Å². The van der Waals surface area contributed by atoms with Crippen LogP contribution in [-0.2, 0) is 11.3 Å². The third kappa shape index (κ3) is 4.18. The molecule has 25 heavy (non-hydrogen) atoms. The predicted molar refractivity (Wildman–Crippen MR) is 97.9 cm³/mol. The minimum Gasteiger partial charge on any atom is -0.496 e. The number of carbonyl (C=O) groups excluding carboxylic acids is 1. The number of rotatable bonds is 6. The molecule has 0 saturated carbocycles. The summed E-state index contributed by atoms with van der Waals surface area (Å²) in [7, 11) is 1.62. The van der Waals surface area contributed by atoms with Crippen LogP contribution in [0.15, 0.2) is 77.4 Å². The molecule has 4 nitrogen and oxygen atoms in total. The molecule has 1 amide bonds. The first-order valence-electron chi connectivity index (χ1n) is 7.98. The standard InChI is InChI=1S/C21H19NO3/c1-24-20-12-6-5-10-17(20)15-22-21(23)19(14-18-11-7-13-25-18)16-8-3-2-4-9-16/h2-14H,15H2,1H3,(H,22,23)/b19-14+. The van der Waals surface area contributed by atoms with Gasteiger partial charge in [-0.15, -0.1) is 0 Å². The highest BCUT2D eigenvalue weighted by Crippen LogP contribution is 2.20. The van der Waals surface area contributed by atoms with Crippen molar-refractivity contribution in [1.82, 2.24) is 5.32 Å². The van der Waals surface area contributed by atoms with Gasteiger partial charge in [0.05, 0.1) is 18.9 Å². The van der Waals surface area contributed by atoms with E-state index in [0.29, 0.717) is 17.9 Å². The van der Waals surface area contributed by atoms with E-state index in [-0.39, 0.29) is 5.91 Å². The highest BCUT2D eigenvalue weighted by atomic mass is 16.5. The molecule has 4 heteroatoms. The molecule has 0 atom stereocenters. The molecule has 0 bridgehead atoms. The van der Waals surface area contributed by atoms with Crippen molar-refractivity contribution in [1.29, 1.82) is 0 Å². The molecule has 1 aromatic heterocycles. The van der Waals surface area contributed by atoms with Crippen LogP contribution < -0.4 is 10.1 Å². The number of furan rings is 1. The van der Waals surface area contributed by atoms with Crippen molar-refractivity contribution < 1.29 is 13.9 Å². The Morgan fingerprint density at radius 1 is 1.04 bits per heavy atom. The smallest absolute Gasteiger partial charge is 0.252 e. The van der Waals surface area contributed by atoms with E-state index in [4.69, 9.17) is 9.15 Å². The quantitative estimate of drug-likeness (QED) is 0.690. The fraction of sp³-hybridized carbons (Fsp3) is 0.0952. The van der Waals surface area contributed by atoms with Gasteiger partial charge in [-0.1, -0.05) is 48.5 Å². The monoisotopic (exact) mass is 333 g/mol. The van der Waals surface area contributed by atoms with Crippen molar-refractivity contribution in [3.63, 3.8) is 0 Å². The van der Waals surface area contributed by atoms with Crippen LogP contribution in [0.5, 0.6) is 5.75 Å². The van der Waals surface area contributed by atoms with Gasteiger partial charge >= 0.3 is 0 Å². The highest BCUT2D eigenvalue weighted by molar-refractivity contribution is 6.24. The average molecular weight is 333 g/mol. The topological polar surface area (TPSA) is 51.5 Å². The molecule has 3 aromatic rings. The first-order chi connectivity index (χ1) is 12.3. The third-order valence-corrected chi connectivity index (χ3v) is 3.79. The first kappa shape index (κ1) is 16.6. The number of methoxy groups -OCH3 is 1. The summed E-state index contributed by atoms with van der Waals surface area (Å²) in [5.74, 6) is 1.21. The summed E-state index contributed by atoms with van der Waals surface area (Å²) in [4.78, 5) is 12.8. The number of carbonyl (C=O) groups is 1. The minimum atomic E-state index is -0.173. The lowest BCUT2D eigenvalue weighted by Gasteiger charge is -2.11. The second kappa shape index (κ2) is 8.02. The Morgan fingerprint density at radius 3 is 2.52 bits per heavy atom. The summed E-state index contributed by atoms with van der Waals surface area (Å²) < 4.78 is 10.7. The Kier molecular flexibility index (Phi) is 5.32. The van der Waals surface area contributed by atoms with Gasteiger partial charge in [0.1, 0.15) is 11.5 Å². The van der Waals surface area contributed by atoms with Crippen molar-refractivity contribution in [3.05, 3.63) is 89.9 Å². The van der Waals surface area contributed by atoms with Gasteiger partial charge in [-0.25, -0.2) is 0 Å². The van der Waals surface area contributed by atoms with Crippen LogP contribution in [0.4, 0.5) is 0 Å². The molecule has 3 rings (SSSR count). The molecule has 2 aromatic carbocycles. The Bertz CT molecular complexity index is 852. The van der Waals surface area contributed by atoms with E-state index in [2.05, 4.69) is 5.32 Å². The fourth-order valence-electron chi connectivity index (χ4n) is 2.53. The van der Waals surface area contributed by atoms with Crippen molar-refractivity contribution >= 4 is 17.6 Å². The zero-order valence-electron chi connectivity index (χ0n) is 13.9. The number of amides is 1. The molecule has 0 aliphatic rings. The lowest BCUT2D eigenvalue weighted by atomic mass is 10.0. The molecule has 0 saturated heterocycles. The molecule has 0 aliphatic heterocycles. The summed E-state index contributed by atoms with van der Waals surface area (Å²) >= 11 is 0. The maximum Gasteiger partial charge on any atom is 0.252 e. The second-order valence-electron chi connectivity index (χ2n) is 5.43. The van der Waals surface area contributed by atoms with Crippen LogP contribution >= 0.6 is 0 Å². The lowest BCUT2D eigenvalue weighted by Crippen LogP contribution is -2.24. The second-order valence-corrected chi connectivity index (χ2v) is 5.43. The zero-order chi connectivity index (χ0) is 17.5. The summed E-state index contributed by atoms with van der Waals surface area (Å²) in [5.41, 5.74) is 2.30. The zero-order valence-corrected chi connectivity index (χ0v) is 13.9. The van der Waals surface area contributed by atoms with Gasteiger partial charge < -0.3 is 14.5 Å². The molecule has 1 N–H and O–H groups in total. The van der Waals surface area contributed by atoms with Crippen LogP contribution in [0, 0.1) is 0 Å². The predicted octanol–water partition coefficient (Wildman–Crippen LogP) is 4.15. The van der Waals surface area contributed by atoms with Crippen LogP contribution in [-0.4, -0.2) is 13.0 Å². The average Bonchev–Trinajstić information content (AvgIpc) is 3.18. The van der Waals surface area contributed by atoms with E-state index >= 15 is 0 Å². The summed E-state index contributed by atoms with van der Waals surface area (Å²) in [6.07, 6.45) is 3.33. The lowest BCUT2D eigenvalue weighted by molar-refractivity contribution is -0.115. The number of hydrogen-bond donors (Lipinski definition) is 1. The number of nitrogens with one attached hydrogen (secondary N) is 1. The molecular formula is C21H19NO3. The number of ether oxygens (including phenoxy) is 1. The van der Waals surface area contributed by atoms with E-state index in [1.807, 2.05) is 60.7 Å². The van der Waals surface area contributed by atoms with E-state index in [9.17, 15) is 4.79 Å². The maximum absolute atomic E-state index is 12.8. The number of benzene rings is 2. The van der Waals surface area contributed by atoms with Gasteiger partial charge in [0, 0.05) is 12.1 Å². The van der Waals surface area contributed by atoms with Gasteiger partial charge in [-0.2, -0.15) is 0 Å². The largest absolute Gasteiger partial charge is 0.496 e. The van der Waals surface area contributed by atoms with Crippen LogP contribution in [0.3, 0.4) is 0 Å². The van der Waals surface area contributed by atoms with Gasteiger partial charge in [-0.05, 0) is 29.8 Å². The SMILES string of the molecule is COc1ccccc1CNC(=O)/C(=C/c1ccco1)c1ccccc1. The van der Waals surface area contributed by atoms with Gasteiger partial charge in [0.2, 0.25) is 0 Å². The van der Waals surface area contributed by atoms with Crippen LogP contribution in [0.25, 0.3) is 11.6 Å². The van der Waals surface area contributed by atoms with Crippen molar-refractivity contribution in [3.8, 4) is 5.75 Å². The van der Waals surface area contributed by atoms with E-state index in [1.165, 1.54) is 0 Å². The molecule has 0 aliphatic carbocycles. The third-order valence-electron chi connectivity index (χ3n) is 3.79. The van der Waals surface area contributed by atoms with E-state index in [0.717, 1.165) is 16.9 Å². The molecular weight excluding hydrogens is 314 g/mol. The highest BCUT2D eigenvalue weighted by Gasteiger charge is 2.13. The molecule has 0 unspecified atom stereocenters. The summed E-state index contributed by atoms with van der Waals surface area (Å²) in [6.45, 7) is 0.380. The molecule has 0 radical (unpaired) electrons. The minimum absolute atomic E-state index is 0.173. The Hall–Kier alpha value is -3.27. The molecule has 1 heterocycles. The Balaban J connectivity index is 1.83. The Morgan fingerprint density at radius 2 is 1.80 bits per heavy atom. The van der Waals surface area contributed by atoms with Gasteiger partial charge in [0.15, 0.2) is 0 Å². The fourth-order valence-corrected chi connectivity index (χ4v) is 2.53. The molecule has 0 fully saturated rings. The van der Waals surface area contributed by atoms with Crippen LogP contribution in [0.1, 0.15) is 16.9 Å². The van der Waals surface area contributed by atoms with Crippen molar-refractivity contribution in [2.75, 3.05) is 7.11 Å². The Labute approximate surface area is 146 Å². The van der Waals surface area contributed by atoms with Crippen molar-refractivity contribution in [2.45, 2.75) is 6.54 Å². The van der Waals surface area contributed by atoms with Crippen LogP contribution in [0.2, 0.25) is 0 Å². The van der Waals surface area contributed by atoms with Gasteiger partial charge in [0.25, 0.3) is 5.91 Å².